The van der Waals surface area contributed by atoms with Gasteiger partial charge in [0.05, 0.1) is 5.76 Å². The van der Waals surface area contributed by atoms with Crippen LogP contribution in [-0.4, -0.2) is 9.97 Å². The van der Waals surface area contributed by atoms with Gasteiger partial charge in [-0.3, -0.25) is 4.98 Å². The van der Waals surface area contributed by atoms with Gasteiger partial charge in [0, 0.05) is 11.8 Å². The van der Waals surface area contributed by atoms with Gasteiger partial charge in [0.2, 0.25) is 5.88 Å². The molecule has 0 bridgehead atoms. The molecule has 0 atom stereocenters. The van der Waals surface area contributed by atoms with Crippen LogP contribution in [-0.2, 0) is 0 Å². The lowest BCUT2D eigenvalue weighted by Crippen LogP contribution is -2.11. The van der Waals surface area contributed by atoms with Crippen molar-refractivity contribution in [2.24, 2.45) is 0 Å². The summed E-state index contributed by atoms with van der Waals surface area (Å²) in [6.07, 6.45) is 1.46. The predicted molar refractivity (Wildman–Crippen MR) is 45.0 cm³/mol. The van der Waals surface area contributed by atoms with Crippen molar-refractivity contribution in [2.45, 2.75) is 13.8 Å². The van der Waals surface area contributed by atoms with E-state index >= 15 is 0 Å². The first kappa shape index (κ1) is 8.52. The Bertz CT molecular complexity index is 354. The third-order valence-corrected chi connectivity index (χ3v) is 1.23. The zero-order valence-corrected chi connectivity index (χ0v) is 7.05. The Morgan fingerprint density at radius 1 is 1.75 bits per heavy atom. The van der Waals surface area contributed by atoms with Gasteiger partial charge in [-0.1, -0.05) is 6.58 Å². The Balaban J connectivity index is 3.05. The molecule has 1 rings (SSSR count). The van der Waals surface area contributed by atoms with Crippen molar-refractivity contribution in [3.8, 4) is 5.88 Å². The Kier molecular flexibility index (Phi) is 2.28. The highest BCUT2D eigenvalue weighted by atomic mass is 16.5. The number of aryl methyl sites for hydroxylation is 1. The topological polar surface area (TPSA) is 55.0 Å². The van der Waals surface area contributed by atoms with Crippen LogP contribution in [0, 0.1) is 6.92 Å². The smallest absolute Gasteiger partial charge is 0.347 e. The number of nitrogens with zero attached hydrogens (tertiary/aromatic N) is 1. The average molecular weight is 166 g/mol. The van der Waals surface area contributed by atoms with E-state index in [2.05, 4.69) is 16.5 Å². The molecule has 1 aromatic heterocycles. The van der Waals surface area contributed by atoms with Crippen molar-refractivity contribution in [3.05, 3.63) is 34.6 Å². The number of aromatic amines is 1. The van der Waals surface area contributed by atoms with E-state index in [1.165, 1.54) is 6.20 Å². The van der Waals surface area contributed by atoms with Gasteiger partial charge >= 0.3 is 5.69 Å². The van der Waals surface area contributed by atoms with Gasteiger partial charge < -0.3 is 4.74 Å². The monoisotopic (exact) mass is 166 g/mol. The second kappa shape index (κ2) is 3.21. The van der Waals surface area contributed by atoms with Gasteiger partial charge in [-0.25, -0.2) is 9.78 Å². The molecule has 0 aliphatic heterocycles. The Hall–Kier alpha value is -1.58. The van der Waals surface area contributed by atoms with E-state index in [-0.39, 0.29) is 0 Å². The molecule has 0 unspecified atom stereocenters. The van der Waals surface area contributed by atoms with E-state index in [1.54, 1.807) is 13.8 Å². The minimum atomic E-state index is -0.420. The molecule has 0 fully saturated rings. The maximum Gasteiger partial charge on any atom is 0.347 e. The standard InChI is InChI=1S/C8H10N2O2/c1-5(2)12-7-6(3)4-9-8(11)10-7/h4H,1H2,2-3H3,(H,9,10,11). The summed E-state index contributed by atoms with van der Waals surface area (Å²) in [6.45, 7) is 7.06. The fourth-order valence-electron chi connectivity index (χ4n) is 0.722. The van der Waals surface area contributed by atoms with Crippen LogP contribution in [0.25, 0.3) is 0 Å². The average Bonchev–Trinajstić information content (AvgIpc) is 1.96. The predicted octanol–water partition coefficient (Wildman–Crippen LogP) is 0.991. The second-order valence-corrected chi connectivity index (χ2v) is 2.50. The Morgan fingerprint density at radius 2 is 2.42 bits per heavy atom. The molecule has 1 aromatic rings. The van der Waals surface area contributed by atoms with E-state index in [4.69, 9.17) is 4.74 Å². The molecule has 0 spiro atoms. The van der Waals surface area contributed by atoms with Crippen LogP contribution < -0.4 is 10.4 Å². The number of allylic oxidation sites excluding steroid dienone is 1. The highest BCUT2D eigenvalue weighted by Crippen LogP contribution is 2.11. The molecule has 0 amide bonds. The lowest BCUT2D eigenvalue weighted by molar-refractivity contribution is 0.407. The van der Waals surface area contributed by atoms with Crippen LogP contribution in [0.4, 0.5) is 0 Å². The van der Waals surface area contributed by atoms with E-state index in [0.717, 1.165) is 5.56 Å². The zero-order chi connectivity index (χ0) is 9.14. The van der Waals surface area contributed by atoms with Gasteiger partial charge in [0.1, 0.15) is 0 Å². The first-order chi connectivity index (χ1) is 5.59. The number of hydrogen-bond donors (Lipinski definition) is 1. The van der Waals surface area contributed by atoms with Gasteiger partial charge in [0.15, 0.2) is 0 Å². The lowest BCUT2D eigenvalue weighted by Gasteiger charge is -2.05. The van der Waals surface area contributed by atoms with Crippen molar-refractivity contribution in [1.82, 2.24) is 9.97 Å². The number of ether oxygens (including phenoxy) is 1. The van der Waals surface area contributed by atoms with Crippen LogP contribution in [0.15, 0.2) is 23.3 Å². The number of H-pyrrole nitrogens is 1. The number of rotatable bonds is 2. The molecular formula is C8H10N2O2. The summed E-state index contributed by atoms with van der Waals surface area (Å²) >= 11 is 0. The second-order valence-electron chi connectivity index (χ2n) is 2.50. The molecule has 0 saturated carbocycles. The Morgan fingerprint density at radius 3 is 3.00 bits per heavy atom. The maximum absolute atomic E-state index is 10.7. The van der Waals surface area contributed by atoms with Crippen molar-refractivity contribution in [3.63, 3.8) is 0 Å². The molecule has 64 valence electrons. The molecule has 0 radical (unpaired) electrons. The van der Waals surface area contributed by atoms with Crippen LogP contribution >= 0.6 is 0 Å². The third-order valence-electron chi connectivity index (χ3n) is 1.23. The quantitative estimate of drug-likeness (QED) is 0.666. The number of hydrogen-bond acceptors (Lipinski definition) is 3. The summed E-state index contributed by atoms with van der Waals surface area (Å²) in [4.78, 5) is 16.7. The van der Waals surface area contributed by atoms with Gasteiger partial charge in [-0.15, -0.1) is 0 Å². The molecule has 4 heteroatoms. The van der Waals surface area contributed by atoms with Crippen LogP contribution in [0.1, 0.15) is 12.5 Å². The fourth-order valence-corrected chi connectivity index (χ4v) is 0.722. The molecule has 12 heavy (non-hydrogen) atoms. The summed E-state index contributed by atoms with van der Waals surface area (Å²) in [7, 11) is 0. The minimum Gasteiger partial charge on any atom is -0.446 e. The SMILES string of the molecule is C=C(C)Oc1[nH]c(=O)ncc1C. The van der Waals surface area contributed by atoms with Gasteiger partial charge in [-0.05, 0) is 13.8 Å². The van der Waals surface area contributed by atoms with Crippen molar-refractivity contribution in [2.75, 3.05) is 0 Å². The molecule has 1 N–H and O–H groups in total. The third kappa shape index (κ3) is 1.95. The van der Waals surface area contributed by atoms with Crippen molar-refractivity contribution < 1.29 is 4.74 Å². The van der Waals surface area contributed by atoms with Crippen molar-refractivity contribution in [1.29, 1.82) is 0 Å². The molecule has 0 aromatic carbocycles. The number of nitrogens with one attached hydrogen (secondary N) is 1. The summed E-state index contributed by atoms with van der Waals surface area (Å²) in [5, 5.41) is 0. The van der Waals surface area contributed by atoms with Gasteiger partial charge in [0.25, 0.3) is 0 Å². The van der Waals surface area contributed by atoms with E-state index in [0.29, 0.717) is 11.6 Å². The molecule has 1 heterocycles. The van der Waals surface area contributed by atoms with Crippen LogP contribution in [0.3, 0.4) is 0 Å². The molecule has 0 aliphatic carbocycles. The van der Waals surface area contributed by atoms with Crippen LogP contribution in [0.2, 0.25) is 0 Å². The molecule has 0 aliphatic rings. The van der Waals surface area contributed by atoms with E-state index in [9.17, 15) is 4.79 Å². The highest BCUT2D eigenvalue weighted by molar-refractivity contribution is 5.21. The fraction of sp³-hybridized carbons (Fsp3) is 0.250. The van der Waals surface area contributed by atoms with Gasteiger partial charge in [-0.2, -0.15) is 0 Å². The molecular weight excluding hydrogens is 156 g/mol. The summed E-state index contributed by atoms with van der Waals surface area (Å²) in [5.41, 5.74) is 0.356. The normalized spacial score (nSPS) is 9.50. The minimum absolute atomic E-state index is 0.405. The first-order valence-electron chi connectivity index (χ1n) is 3.49. The summed E-state index contributed by atoms with van der Waals surface area (Å²) in [6, 6.07) is 0. The largest absolute Gasteiger partial charge is 0.446 e. The maximum atomic E-state index is 10.7. The van der Waals surface area contributed by atoms with E-state index < -0.39 is 5.69 Å². The highest BCUT2D eigenvalue weighted by Gasteiger charge is 2.00. The van der Waals surface area contributed by atoms with Crippen molar-refractivity contribution >= 4 is 0 Å². The van der Waals surface area contributed by atoms with E-state index in [1.807, 2.05) is 0 Å². The summed E-state index contributed by atoms with van der Waals surface area (Å²) < 4.78 is 5.14. The molecule has 4 nitrogen and oxygen atoms in total. The molecule has 0 saturated heterocycles. The van der Waals surface area contributed by atoms with Crippen LogP contribution in [0.5, 0.6) is 5.88 Å². The summed E-state index contributed by atoms with van der Waals surface area (Å²) in [5.74, 6) is 0.933. The lowest BCUT2D eigenvalue weighted by atomic mass is 10.4. The number of aromatic nitrogens is 2. The Labute approximate surface area is 69.9 Å². The zero-order valence-electron chi connectivity index (χ0n) is 7.05. The first-order valence-corrected chi connectivity index (χ1v) is 3.49.